The lowest BCUT2D eigenvalue weighted by Gasteiger charge is -2.30. The fourth-order valence-electron chi connectivity index (χ4n) is 4.00. The second kappa shape index (κ2) is 9.55. The van der Waals surface area contributed by atoms with E-state index in [9.17, 15) is 23.9 Å². The highest BCUT2D eigenvalue weighted by atomic mass is 19.1. The summed E-state index contributed by atoms with van der Waals surface area (Å²) >= 11 is 0. The molecule has 1 atom stereocenters. The Morgan fingerprint density at radius 2 is 1.79 bits per heavy atom. The van der Waals surface area contributed by atoms with Crippen molar-refractivity contribution in [2.24, 2.45) is 0 Å². The highest BCUT2D eigenvalue weighted by Crippen LogP contribution is 2.27. The number of β-amino-alcohol motifs (C(OH)–C–C–N with tert-alkyl or cyclic N) is 1. The van der Waals surface area contributed by atoms with Crippen molar-refractivity contribution in [3.05, 3.63) is 59.4 Å². The molecule has 3 amide bonds. The largest absolute Gasteiger partial charge is 0.452 e. The highest BCUT2D eigenvalue weighted by Gasteiger charge is 2.36. The Labute approximate surface area is 189 Å². The van der Waals surface area contributed by atoms with Crippen LogP contribution in [0, 0.1) is 5.82 Å². The number of morpholine rings is 1. The van der Waals surface area contributed by atoms with Crippen LogP contribution in [0.4, 0.5) is 20.6 Å². The van der Waals surface area contributed by atoms with Crippen molar-refractivity contribution in [2.45, 2.75) is 6.10 Å². The standard InChI is InChI=1S/C23H24FN3O6/c1-32-23(31)26(15-6-7-20(19(24)12-15)25-8-10-33-11-9-25)13-16(28)14-27-21(29)17-4-2-3-5-18(17)22(27)30/h2-7,12,16,28H,8-11,13-14H2,1H3/t16-/m0/s1. The van der Waals surface area contributed by atoms with Crippen molar-refractivity contribution < 1.29 is 33.4 Å². The van der Waals surface area contributed by atoms with E-state index in [4.69, 9.17) is 9.47 Å². The number of amides is 3. The molecule has 10 heteroatoms. The van der Waals surface area contributed by atoms with Gasteiger partial charge in [-0.15, -0.1) is 0 Å². The van der Waals surface area contributed by atoms with Gasteiger partial charge in [-0.25, -0.2) is 9.18 Å². The lowest BCUT2D eigenvalue weighted by Crippen LogP contribution is -2.44. The number of hydrogen-bond acceptors (Lipinski definition) is 7. The van der Waals surface area contributed by atoms with Gasteiger partial charge in [0, 0.05) is 13.1 Å². The van der Waals surface area contributed by atoms with Crippen LogP contribution < -0.4 is 9.80 Å². The minimum atomic E-state index is -1.28. The number of rotatable bonds is 6. The molecule has 1 N–H and O–H groups in total. The lowest BCUT2D eigenvalue weighted by atomic mass is 10.1. The minimum Gasteiger partial charge on any atom is -0.452 e. The molecule has 9 nitrogen and oxygen atoms in total. The third-order valence-corrected chi connectivity index (χ3v) is 5.65. The molecule has 2 aromatic rings. The molecule has 1 fully saturated rings. The quantitative estimate of drug-likeness (QED) is 0.662. The van der Waals surface area contributed by atoms with E-state index in [2.05, 4.69) is 0 Å². The van der Waals surface area contributed by atoms with E-state index in [0.29, 0.717) is 32.0 Å². The molecule has 0 unspecified atom stereocenters. The van der Waals surface area contributed by atoms with Crippen LogP contribution in [-0.4, -0.2) is 80.5 Å². The van der Waals surface area contributed by atoms with Crippen LogP contribution in [-0.2, 0) is 9.47 Å². The number of methoxy groups -OCH3 is 1. The van der Waals surface area contributed by atoms with Gasteiger partial charge in [-0.3, -0.25) is 19.4 Å². The second-order valence-electron chi connectivity index (χ2n) is 7.74. The molecule has 174 valence electrons. The summed E-state index contributed by atoms with van der Waals surface area (Å²) in [5.74, 6) is -1.56. The number of anilines is 2. The van der Waals surface area contributed by atoms with Crippen molar-refractivity contribution in [3.8, 4) is 0 Å². The summed E-state index contributed by atoms with van der Waals surface area (Å²) in [6, 6.07) is 10.7. The normalized spacial score (nSPS) is 16.6. The monoisotopic (exact) mass is 457 g/mol. The first-order valence-corrected chi connectivity index (χ1v) is 10.5. The van der Waals surface area contributed by atoms with Gasteiger partial charge in [-0.2, -0.15) is 0 Å². The number of imide groups is 1. The number of hydrogen-bond donors (Lipinski definition) is 1. The summed E-state index contributed by atoms with van der Waals surface area (Å²) in [4.78, 5) is 41.3. The molecular weight excluding hydrogens is 433 g/mol. The fourth-order valence-corrected chi connectivity index (χ4v) is 4.00. The van der Waals surface area contributed by atoms with Gasteiger partial charge in [-0.05, 0) is 30.3 Å². The van der Waals surface area contributed by atoms with E-state index in [1.54, 1.807) is 36.4 Å². The van der Waals surface area contributed by atoms with Crippen molar-refractivity contribution in [2.75, 3.05) is 56.3 Å². The van der Waals surface area contributed by atoms with Crippen molar-refractivity contribution >= 4 is 29.3 Å². The average Bonchev–Trinajstić information content (AvgIpc) is 3.07. The molecule has 2 aliphatic heterocycles. The third-order valence-electron chi connectivity index (χ3n) is 5.65. The van der Waals surface area contributed by atoms with Crippen LogP contribution in [0.15, 0.2) is 42.5 Å². The van der Waals surface area contributed by atoms with Crippen molar-refractivity contribution in [1.82, 2.24) is 4.90 Å². The van der Waals surface area contributed by atoms with E-state index < -0.39 is 29.8 Å². The molecule has 1 saturated heterocycles. The van der Waals surface area contributed by atoms with Crippen LogP contribution in [0.25, 0.3) is 0 Å². The van der Waals surface area contributed by atoms with Crippen LogP contribution in [0.2, 0.25) is 0 Å². The summed E-state index contributed by atoms with van der Waals surface area (Å²) < 4.78 is 24.9. The number of aliphatic hydroxyl groups excluding tert-OH is 1. The van der Waals surface area contributed by atoms with Crippen LogP contribution in [0.5, 0.6) is 0 Å². The van der Waals surface area contributed by atoms with Gasteiger partial charge in [0.1, 0.15) is 5.82 Å². The summed E-state index contributed by atoms with van der Waals surface area (Å²) in [7, 11) is 1.17. The molecule has 0 bridgehead atoms. The summed E-state index contributed by atoms with van der Waals surface area (Å²) in [5.41, 5.74) is 1.09. The van der Waals surface area contributed by atoms with Gasteiger partial charge in [0.25, 0.3) is 11.8 Å². The lowest BCUT2D eigenvalue weighted by molar-refractivity contribution is 0.0551. The maximum absolute atomic E-state index is 14.9. The van der Waals surface area contributed by atoms with E-state index in [1.807, 2.05) is 4.90 Å². The number of ether oxygens (including phenoxy) is 2. The first kappa shape index (κ1) is 22.7. The third kappa shape index (κ3) is 4.53. The van der Waals surface area contributed by atoms with Gasteiger partial charge in [-0.1, -0.05) is 12.1 Å². The van der Waals surface area contributed by atoms with Crippen molar-refractivity contribution in [3.63, 3.8) is 0 Å². The maximum Gasteiger partial charge on any atom is 0.414 e. The Kier molecular flexibility index (Phi) is 6.57. The Morgan fingerprint density at radius 1 is 1.15 bits per heavy atom. The zero-order valence-corrected chi connectivity index (χ0v) is 18.1. The van der Waals surface area contributed by atoms with Gasteiger partial charge in [0.2, 0.25) is 0 Å². The molecule has 0 saturated carbocycles. The Hall–Kier alpha value is -3.50. The molecule has 0 radical (unpaired) electrons. The Morgan fingerprint density at radius 3 is 2.36 bits per heavy atom. The summed E-state index contributed by atoms with van der Waals surface area (Å²) in [6.07, 6.45) is -2.09. The van der Waals surface area contributed by atoms with Gasteiger partial charge in [0.05, 0.1) is 62.0 Å². The predicted octanol–water partition coefficient (Wildman–Crippen LogP) is 1.89. The topological polar surface area (TPSA) is 99.6 Å². The van der Waals surface area contributed by atoms with Crippen LogP contribution >= 0.6 is 0 Å². The summed E-state index contributed by atoms with van der Waals surface area (Å²) in [6.45, 7) is 1.47. The minimum absolute atomic E-state index is 0.178. The molecule has 2 aliphatic rings. The first-order valence-electron chi connectivity index (χ1n) is 10.5. The molecule has 0 spiro atoms. The zero-order chi connectivity index (χ0) is 23.5. The second-order valence-corrected chi connectivity index (χ2v) is 7.74. The number of fused-ring (bicyclic) bond motifs is 1. The first-order chi connectivity index (χ1) is 15.9. The predicted molar refractivity (Wildman–Crippen MR) is 117 cm³/mol. The fraction of sp³-hybridized carbons (Fsp3) is 0.348. The van der Waals surface area contributed by atoms with Gasteiger partial charge >= 0.3 is 6.09 Å². The molecular formula is C23H24FN3O6. The van der Waals surface area contributed by atoms with E-state index in [-0.39, 0.29) is 29.9 Å². The van der Waals surface area contributed by atoms with Crippen LogP contribution in [0.1, 0.15) is 20.7 Å². The SMILES string of the molecule is COC(=O)N(C[C@H](O)CN1C(=O)c2ccccc2C1=O)c1ccc(N2CCOCC2)c(F)c1. The zero-order valence-electron chi connectivity index (χ0n) is 18.1. The average molecular weight is 457 g/mol. The van der Waals surface area contributed by atoms with Gasteiger partial charge in [0.15, 0.2) is 0 Å². The number of benzene rings is 2. The Balaban J connectivity index is 1.49. The molecule has 4 rings (SSSR count). The van der Waals surface area contributed by atoms with E-state index in [0.717, 1.165) is 9.80 Å². The molecule has 2 aromatic carbocycles. The van der Waals surface area contributed by atoms with E-state index >= 15 is 0 Å². The summed E-state index contributed by atoms with van der Waals surface area (Å²) in [5, 5.41) is 10.6. The van der Waals surface area contributed by atoms with Gasteiger partial charge < -0.3 is 19.5 Å². The number of carbonyl (C=O) groups excluding carboxylic acids is 3. The van der Waals surface area contributed by atoms with Crippen LogP contribution in [0.3, 0.4) is 0 Å². The van der Waals surface area contributed by atoms with Crippen molar-refractivity contribution in [1.29, 1.82) is 0 Å². The Bertz CT molecular complexity index is 1040. The number of nitrogens with zero attached hydrogens (tertiary/aromatic N) is 3. The molecule has 0 aliphatic carbocycles. The highest BCUT2D eigenvalue weighted by molar-refractivity contribution is 6.21. The number of aliphatic hydroxyl groups is 1. The smallest absolute Gasteiger partial charge is 0.414 e. The molecule has 33 heavy (non-hydrogen) atoms. The number of carbonyl (C=O) groups is 3. The number of halogens is 1. The maximum atomic E-state index is 14.9. The molecule has 0 aromatic heterocycles. The van der Waals surface area contributed by atoms with E-state index in [1.165, 1.54) is 13.2 Å². The molecule has 2 heterocycles.